The summed E-state index contributed by atoms with van der Waals surface area (Å²) >= 11 is 5.78. The quantitative estimate of drug-likeness (QED) is 0.671. The summed E-state index contributed by atoms with van der Waals surface area (Å²) in [5, 5.41) is 9.46. The molecule has 2 aromatic rings. The Kier molecular flexibility index (Phi) is 5.01. The van der Waals surface area contributed by atoms with E-state index in [1.807, 2.05) is 30.3 Å². The smallest absolute Gasteiger partial charge is 0.338 e. The number of hydrogen-bond donors (Lipinski definition) is 1. The van der Waals surface area contributed by atoms with Gasteiger partial charge in [-0.1, -0.05) is 54.6 Å². The number of phenolic OH excluding ortho intramolecular Hbond substituents is 1. The second-order valence-electron chi connectivity index (χ2n) is 4.54. The first-order chi connectivity index (χ1) is 10.1. The number of rotatable bonds is 5. The minimum absolute atomic E-state index is 0.0715. The number of carbonyl (C=O) groups is 1. The van der Waals surface area contributed by atoms with Gasteiger partial charge in [-0.3, -0.25) is 0 Å². The zero-order valence-electron chi connectivity index (χ0n) is 11.3. The Bertz CT molecular complexity index is 638. The van der Waals surface area contributed by atoms with Crippen LogP contribution in [0, 0.1) is 0 Å². The fourth-order valence-electron chi connectivity index (χ4n) is 1.86. The first-order valence-electron chi connectivity index (χ1n) is 6.46. The number of phenols is 1. The van der Waals surface area contributed by atoms with E-state index in [0.29, 0.717) is 6.42 Å². The molecule has 4 heteroatoms. The van der Waals surface area contributed by atoms with Crippen molar-refractivity contribution in [1.29, 1.82) is 0 Å². The fraction of sp³-hybridized carbons (Fsp3) is 0.118. The van der Waals surface area contributed by atoms with Gasteiger partial charge >= 0.3 is 5.97 Å². The van der Waals surface area contributed by atoms with Crippen LogP contribution in [0.4, 0.5) is 0 Å². The van der Waals surface area contributed by atoms with E-state index in [1.165, 1.54) is 18.2 Å². The topological polar surface area (TPSA) is 46.5 Å². The Labute approximate surface area is 128 Å². The molecule has 0 aromatic heterocycles. The van der Waals surface area contributed by atoms with Gasteiger partial charge in [-0.25, -0.2) is 4.79 Å². The van der Waals surface area contributed by atoms with Crippen LogP contribution in [0.3, 0.4) is 0 Å². The highest BCUT2D eigenvalue weighted by atomic mass is 35.5. The molecule has 2 rings (SSSR count). The molecule has 21 heavy (non-hydrogen) atoms. The summed E-state index contributed by atoms with van der Waals surface area (Å²) < 4.78 is 5.39. The molecule has 1 N–H and O–H groups in total. The van der Waals surface area contributed by atoms with E-state index < -0.39 is 12.1 Å². The number of hydrogen-bond acceptors (Lipinski definition) is 3. The minimum atomic E-state index is -0.502. The van der Waals surface area contributed by atoms with Crippen LogP contribution >= 0.6 is 11.6 Å². The molecule has 0 amide bonds. The molecule has 0 saturated heterocycles. The van der Waals surface area contributed by atoms with Gasteiger partial charge in [0, 0.05) is 6.42 Å². The fourth-order valence-corrected chi connectivity index (χ4v) is 2.04. The van der Waals surface area contributed by atoms with E-state index >= 15 is 0 Å². The van der Waals surface area contributed by atoms with Gasteiger partial charge in [0.2, 0.25) is 0 Å². The van der Waals surface area contributed by atoms with Crippen molar-refractivity contribution in [3.8, 4) is 5.75 Å². The number of ether oxygens (including phenoxy) is 1. The highest BCUT2D eigenvalue weighted by Gasteiger charge is 2.15. The van der Waals surface area contributed by atoms with E-state index in [4.69, 9.17) is 16.3 Å². The summed E-state index contributed by atoms with van der Waals surface area (Å²) in [7, 11) is 0. The Morgan fingerprint density at radius 1 is 1.29 bits per heavy atom. The Balaban J connectivity index is 2.05. The average Bonchev–Trinajstić information content (AvgIpc) is 2.50. The molecule has 0 bridgehead atoms. The van der Waals surface area contributed by atoms with Crippen LogP contribution in [-0.4, -0.2) is 17.2 Å². The van der Waals surface area contributed by atoms with Gasteiger partial charge in [-0.05, 0) is 23.8 Å². The van der Waals surface area contributed by atoms with Gasteiger partial charge < -0.3 is 9.84 Å². The Hall–Kier alpha value is -2.26. The lowest BCUT2D eigenvalue weighted by Gasteiger charge is -2.14. The molecule has 0 spiro atoms. The predicted molar refractivity (Wildman–Crippen MR) is 82.7 cm³/mol. The molecule has 2 aromatic carbocycles. The number of aromatic hydroxyl groups is 1. The van der Waals surface area contributed by atoms with Crippen LogP contribution in [0.5, 0.6) is 5.75 Å². The van der Waals surface area contributed by atoms with Crippen LogP contribution in [0.15, 0.2) is 61.2 Å². The van der Waals surface area contributed by atoms with E-state index in [2.05, 4.69) is 6.58 Å². The van der Waals surface area contributed by atoms with Crippen molar-refractivity contribution in [3.63, 3.8) is 0 Å². The van der Waals surface area contributed by atoms with Crippen molar-refractivity contribution < 1.29 is 14.6 Å². The maximum absolute atomic E-state index is 12.1. The summed E-state index contributed by atoms with van der Waals surface area (Å²) in [6.45, 7) is 3.69. The second kappa shape index (κ2) is 6.95. The molecule has 1 unspecified atom stereocenters. The van der Waals surface area contributed by atoms with Gasteiger partial charge in [0.15, 0.2) is 0 Å². The summed E-state index contributed by atoms with van der Waals surface area (Å²) in [5.41, 5.74) is 1.34. The molecular formula is C17H15ClO3. The lowest BCUT2D eigenvalue weighted by atomic mass is 10.1. The number of benzene rings is 2. The van der Waals surface area contributed by atoms with E-state index in [-0.39, 0.29) is 16.3 Å². The molecule has 0 aliphatic carbocycles. The monoisotopic (exact) mass is 302 g/mol. The van der Waals surface area contributed by atoms with Gasteiger partial charge in [0.05, 0.1) is 10.6 Å². The molecule has 0 saturated carbocycles. The van der Waals surface area contributed by atoms with Crippen LogP contribution in [0.1, 0.15) is 15.9 Å². The normalized spacial score (nSPS) is 11.7. The zero-order valence-corrected chi connectivity index (χ0v) is 12.1. The number of halogens is 1. The van der Waals surface area contributed by atoms with Crippen molar-refractivity contribution in [2.75, 3.05) is 0 Å². The van der Waals surface area contributed by atoms with Crippen molar-refractivity contribution in [3.05, 3.63) is 77.3 Å². The molecule has 0 heterocycles. The Morgan fingerprint density at radius 3 is 2.62 bits per heavy atom. The summed E-state index contributed by atoms with van der Waals surface area (Å²) in [4.78, 5) is 12.1. The maximum atomic E-state index is 12.1. The third-order valence-electron chi connectivity index (χ3n) is 2.98. The molecule has 0 radical (unpaired) electrons. The lowest BCUT2D eigenvalue weighted by Crippen LogP contribution is -2.18. The van der Waals surface area contributed by atoms with Crippen molar-refractivity contribution in [2.45, 2.75) is 12.5 Å². The van der Waals surface area contributed by atoms with Crippen molar-refractivity contribution in [1.82, 2.24) is 0 Å². The maximum Gasteiger partial charge on any atom is 0.338 e. The van der Waals surface area contributed by atoms with Crippen LogP contribution in [0.25, 0.3) is 0 Å². The van der Waals surface area contributed by atoms with E-state index in [0.717, 1.165) is 5.56 Å². The van der Waals surface area contributed by atoms with Crippen LogP contribution in [0.2, 0.25) is 5.02 Å². The Morgan fingerprint density at radius 2 is 2.00 bits per heavy atom. The molecule has 1 atom stereocenters. The molecule has 0 aliphatic heterocycles. The van der Waals surface area contributed by atoms with E-state index in [1.54, 1.807) is 6.08 Å². The molecular weight excluding hydrogens is 288 g/mol. The molecule has 3 nitrogen and oxygen atoms in total. The zero-order chi connectivity index (χ0) is 15.2. The highest BCUT2D eigenvalue weighted by Crippen LogP contribution is 2.24. The van der Waals surface area contributed by atoms with Gasteiger partial charge in [-0.2, -0.15) is 0 Å². The first-order valence-corrected chi connectivity index (χ1v) is 6.84. The highest BCUT2D eigenvalue weighted by molar-refractivity contribution is 6.32. The standard InChI is InChI=1S/C17H15ClO3/c1-2-14(10-12-6-4-3-5-7-12)21-17(20)13-8-9-16(19)15(18)11-13/h2-9,11,14,19H,1,10H2. The van der Waals surface area contributed by atoms with Crippen LogP contribution in [-0.2, 0) is 11.2 Å². The van der Waals surface area contributed by atoms with Crippen molar-refractivity contribution >= 4 is 17.6 Å². The average molecular weight is 303 g/mol. The van der Waals surface area contributed by atoms with Gasteiger partial charge in [-0.15, -0.1) is 0 Å². The number of esters is 1. The summed E-state index contributed by atoms with van der Waals surface area (Å²) in [6.07, 6.45) is 1.72. The predicted octanol–water partition coefficient (Wildman–Crippen LogP) is 4.00. The third kappa shape index (κ3) is 4.10. The molecule has 108 valence electrons. The van der Waals surface area contributed by atoms with Gasteiger partial charge in [0.1, 0.15) is 11.9 Å². The number of carbonyl (C=O) groups excluding carboxylic acids is 1. The molecule has 0 fully saturated rings. The second-order valence-corrected chi connectivity index (χ2v) is 4.94. The summed E-state index contributed by atoms with van der Waals surface area (Å²) in [5.74, 6) is -0.574. The molecule has 0 aliphatic rings. The van der Waals surface area contributed by atoms with E-state index in [9.17, 15) is 9.90 Å². The first kappa shape index (κ1) is 15.1. The lowest BCUT2D eigenvalue weighted by molar-refractivity contribution is 0.0396. The third-order valence-corrected chi connectivity index (χ3v) is 3.29. The van der Waals surface area contributed by atoms with Crippen LogP contribution < -0.4 is 0 Å². The SMILES string of the molecule is C=CC(Cc1ccccc1)OC(=O)c1ccc(O)c(Cl)c1. The largest absolute Gasteiger partial charge is 0.506 e. The van der Waals surface area contributed by atoms with Gasteiger partial charge in [0.25, 0.3) is 0 Å². The minimum Gasteiger partial charge on any atom is -0.506 e. The van der Waals surface area contributed by atoms with Crippen molar-refractivity contribution in [2.24, 2.45) is 0 Å². The summed E-state index contributed by atoms with van der Waals surface area (Å²) in [6, 6.07) is 13.9.